The molecular weight excluding hydrogens is 406 g/mol. The number of halogens is 1. The third kappa shape index (κ3) is 5.85. The van der Waals surface area contributed by atoms with Gasteiger partial charge in [-0.15, -0.1) is 17.0 Å². The zero-order valence-corrected chi connectivity index (χ0v) is 17.9. The van der Waals surface area contributed by atoms with E-state index < -0.39 is 0 Å². The summed E-state index contributed by atoms with van der Waals surface area (Å²) in [4.78, 5) is 11.9. The van der Waals surface area contributed by atoms with Gasteiger partial charge in [0.25, 0.3) is 0 Å². The van der Waals surface area contributed by atoms with Crippen LogP contribution in [-0.2, 0) is 24.2 Å². The van der Waals surface area contributed by atoms with Crippen LogP contribution in [0.5, 0.6) is 0 Å². The molecule has 0 amide bonds. The van der Waals surface area contributed by atoms with Crippen LogP contribution in [0, 0.1) is 0 Å². The van der Waals surface area contributed by atoms with E-state index in [1.165, 1.54) is 17.7 Å². The van der Waals surface area contributed by atoms with Gasteiger partial charge in [0.15, 0.2) is 0 Å². The van der Waals surface area contributed by atoms with E-state index in [0.29, 0.717) is 12.6 Å². The number of fused-ring (bicyclic) bond motifs is 1. The minimum atomic E-state index is 0. The molecule has 1 atom stereocenters. The summed E-state index contributed by atoms with van der Waals surface area (Å²) in [6, 6.07) is 4.65. The first-order chi connectivity index (χ1) is 12.8. The summed E-state index contributed by atoms with van der Waals surface area (Å²) in [5.74, 6) is 1.10. The maximum Gasteiger partial charge on any atom is 0.122 e. The molecule has 0 aliphatic heterocycles. The molecule has 1 aliphatic rings. The molecule has 150 valence electrons. The number of imidazole rings is 1. The first-order valence-electron chi connectivity index (χ1n) is 9.70. The van der Waals surface area contributed by atoms with E-state index in [1.807, 2.05) is 18.6 Å². The predicted molar refractivity (Wildman–Crippen MR) is 113 cm³/mol. The van der Waals surface area contributed by atoms with Gasteiger partial charge in [-0.25, -0.2) is 4.98 Å². The van der Waals surface area contributed by atoms with Crippen molar-refractivity contribution in [3.05, 3.63) is 47.8 Å². The SMILES string of the molecule is Br.COCCn1ccnc1CN(CCCCN)C1CCCc2cccnc21. The van der Waals surface area contributed by atoms with Crippen molar-refractivity contribution in [2.24, 2.45) is 5.73 Å². The molecule has 0 fully saturated rings. The van der Waals surface area contributed by atoms with Gasteiger partial charge in [-0.05, 0) is 56.8 Å². The fraction of sp³-hybridized carbons (Fsp3) is 0.600. The van der Waals surface area contributed by atoms with Crippen LogP contribution < -0.4 is 5.73 Å². The summed E-state index contributed by atoms with van der Waals surface area (Å²) in [5.41, 5.74) is 8.37. The monoisotopic (exact) mass is 437 g/mol. The van der Waals surface area contributed by atoms with Crippen molar-refractivity contribution in [1.29, 1.82) is 0 Å². The van der Waals surface area contributed by atoms with Crippen molar-refractivity contribution < 1.29 is 4.74 Å². The maximum atomic E-state index is 5.72. The summed E-state index contributed by atoms with van der Waals surface area (Å²) in [5, 5.41) is 0. The standard InChI is InChI=1S/C20H31N5O.BrH/c1-26-15-14-24-13-11-22-19(24)16-25(12-3-2-9-21)18-8-4-6-17-7-5-10-23-20(17)18;/h5,7,10-11,13,18H,2-4,6,8-9,12,14-16,21H2,1H3;1H. The molecule has 0 bridgehead atoms. The van der Waals surface area contributed by atoms with Crippen LogP contribution in [0.15, 0.2) is 30.7 Å². The molecule has 7 heteroatoms. The predicted octanol–water partition coefficient (Wildman–Crippen LogP) is 3.12. The van der Waals surface area contributed by atoms with Gasteiger partial charge in [0, 0.05) is 32.2 Å². The quantitative estimate of drug-likeness (QED) is 0.578. The third-order valence-corrected chi connectivity index (χ3v) is 5.19. The van der Waals surface area contributed by atoms with Crippen LogP contribution in [0.25, 0.3) is 0 Å². The van der Waals surface area contributed by atoms with E-state index in [1.54, 1.807) is 7.11 Å². The lowest BCUT2D eigenvalue weighted by atomic mass is 9.90. The van der Waals surface area contributed by atoms with Gasteiger partial charge in [-0.2, -0.15) is 0 Å². The lowest BCUT2D eigenvalue weighted by Crippen LogP contribution is -2.34. The Morgan fingerprint density at radius 2 is 2.19 bits per heavy atom. The number of hydrogen-bond donors (Lipinski definition) is 1. The minimum Gasteiger partial charge on any atom is -0.383 e. The zero-order valence-electron chi connectivity index (χ0n) is 16.2. The Kier molecular flexibility index (Phi) is 9.41. The minimum absolute atomic E-state index is 0. The summed E-state index contributed by atoms with van der Waals surface area (Å²) in [7, 11) is 1.74. The van der Waals surface area contributed by atoms with Gasteiger partial charge in [0.05, 0.1) is 24.9 Å². The largest absolute Gasteiger partial charge is 0.383 e. The van der Waals surface area contributed by atoms with E-state index in [0.717, 1.165) is 57.7 Å². The molecule has 0 aromatic carbocycles. The van der Waals surface area contributed by atoms with E-state index in [-0.39, 0.29) is 17.0 Å². The average molecular weight is 438 g/mol. The second-order valence-corrected chi connectivity index (χ2v) is 6.95. The molecule has 1 unspecified atom stereocenters. The third-order valence-electron chi connectivity index (χ3n) is 5.19. The maximum absolute atomic E-state index is 5.72. The van der Waals surface area contributed by atoms with Gasteiger partial charge in [-0.1, -0.05) is 6.07 Å². The highest BCUT2D eigenvalue weighted by Crippen LogP contribution is 2.33. The molecule has 6 nitrogen and oxygen atoms in total. The molecule has 2 heterocycles. The Morgan fingerprint density at radius 3 is 3.00 bits per heavy atom. The fourth-order valence-electron chi connectivity index (χ4n) is 3.81. The van der Waals surface area contributed by atoms with Crippen LogP contribution in [-0.4, -0.2) is 46.2 Å². The second-order valence-electron chi connectivity index (χ2n) is 6.95. The van der Waals surface area contributed by atoms with Crippen LogP contribution >= 0.6 is 17.0 Å². The van der Waals surface area contributed by atoms with Crippen LogP contribution in [0.1, 0.15) is 48.8 Å². The number of aryl methyl sites for hydroxylation is 1. The number of aromatic nitrogens is 3. The molecule has 2 aromatic rings. The molecule has 1 aliphatic carbocycles. The van der Waals surface area contributed by atoms with Crippen molar-refractivity contribution in [2.75, 3.05) is 26.8 Å². The highest BCUT2D eigenvalue weighted by Gasteiger charge is 2.27. The first kappa shape index (κ1) is 22.0. The molecule has 0 radical (unpaired) electrons. The Hall–Kier alpha value is -1.28. The van der Waals surface area contributed by atoms with Gasteiger partial charge in [-0.3, -0.25) is 9.88 Å². The molecule has 2 aromatic heterocycles. The first-order valence-corrected chi connectivity index (χ1v) is 9.70. The van der Waals surface area contributed by atoms with Crippen molar-refractivity contribution in [1.82, 2.24) is 19.4 Å². The zero-order chi connectivity index (χ0) is 18.2. The second kappa shape index (κ2) is 11.5. The average Bonchev–Trinajstić information content (AvgIpc) is 3.12. The normalized spacial score (nSPS) is 16.2. The Balaban J connectivity index is 0.00000261. The summed E-state index contributed by atoms with van der Waals surface area (Å²) in [6.07, 6.45) is 11.5. The molecule has 0 saturated heterocycles. The molecule has 0 spiro atoms. The van der Waals surface area contributed by atoms with Crippen LogP contribution in [0.4, 0.5) is 0 Å². The van der Waals surface area contributed by atoms with Crippen molar-refractivity contribution in [2.45, 2.75) is 51.2 Å². The van der Waals surface area contributed by atoms with Crippen LogP contribution in [0.2, 0.25) is 0 Å². The number of rotatable bonds is 10. The van der Waals surface area contributed by atoms with Gasteiger partial charge in [0.2, 0.25) is 0 Å². The molecule has 0 saturated carbocycles. The Morgan fingerprint density at radius 1 is 1.30 bits per heavy atom. The number of hydrogen-bond acceptors (Lipinski definition) is 5. The fourth-order valence-corrected chi connectivity index (χ4v) is 3.81. The van der Waals surface area contributed by atoms with E-state index in [2.05, 4.69) is 26.6 Å². The lowest BCUT2D eigenvalue weighted by Gasteiger charge is -2.35. The van der Waals surface area contributed by atoms with E-state index in [4.69, 9.17) is 15.5 Å². The van der Waals surface area contributed by atoms with Gasteiger partial charge >= 0.3 is 0 Å². The number of nitrogens with zero attached hydrogens (tertiary/aromatic N) is 4. The summed E-state index contributed by atoms with van der Waals surface area (Å²) < 4.78 is 7.43. The lowest BCUT2D eigenvalue weighted by molar-refractivity contribution is 0.152. The number of nitrogens with two attached hydrogens (primary N) is 1. The number of unbranched alkanes of at least 4 members (excludes halogenated alkanes) is 1. The smallest absolute Gasteiger partial charge is 0.122 e. The molecule has 3 rings (SSSR count). The van der Waals surface area contributed by atoms with Crippen molar-refractivity contribution in [3.8, 4) is 0 Å². The van der Waals surface area contributed by atoms with E-state index >= 15 is 0 Å². The van der Waals surface area contributed by atoms with Crippen molar-refractivity contribution in [3.63, 3.8) is 0 Å². The number of ether oxygens (including phenoxy) is 1. The molecular formula is C20H32BrN5O. The van der Waals surface area contributed by atoms with Crippen molar-refractivity contribution >= 4 is 17.0 Å². The highest BCUT2D eigenvalue weighted by atomic mass is 79.9. The Bertz CT molecular complexity index is 678. The molecule has 27 heavy (non-hydrogen) atoms. The molecule has 2 N–H and O–H groups in total. The Labute approximate surface area is 172 Å². The van der Waals surface area contributed by atoms with Gasteiger partial charge in [0.1, 0.15) is 5.82 Å². The topological polar surface area (TPSA) is 69.2 Å². The highest BCUT2D eigenvalue weighted by molar-refractivity contribution is 8.93. The summed E-state index contributed by atoms with van der Waals surface area (Å²) in [6.45, 7) is 4.14. The van der Waals surface area contributed by atoms with E-state index in [9.17, 15) is 0 Å². The summed E-state index contributed by atoms with van der Waals surface area (Å²) >= 11 is 0. The van der Waals surface area contributed by atoms with Gasteiger partial charge < -0.3 is 15.0 Å². The number of methoxy groups -OCH3 is 1. The van der Waals surface area contributed by atoms with Crippen LogP contribution in [0.3, 0.4) is 0 Å². The number of pyridine rings is 1.